The summed E-state index contributed by atoms with van der Waals surface area (Å²) in [6, 6.07) is 5.97. The molecule has 1 heterocycles. The van der Waals surface area contributed by atoms with Crippen molar-refractivity contribution in [1.82, 2.24) is 4.98 Å². The summed E-state index contributed by atoms with van der Waals surface area (Å²) in [5.41, 5.74) is 1.17. The van der Waals surface area contributed by atoms with Crippen LogP contribution in [0.1, 0.15) is 0 Å². The number of rotatable bonds is 1. The number of hydrogen-bond acceptors (Lipinski definition) is 1. The molecular weight excluding hydrogens is 271 g/mol. The van der Waals surface area contributed by atoms with Crippen LogP contribution in [0.3, 0.4) is 0 Å². The van der Waals surface area contributed by atoms with Gasteiger partial charge in [0, 0.05) is 5.56 Å². The van der Waals surface area contributed by atoms with E-state index in [4.69, 9.17) is 34.8 Å². The van der Waals surface area contributed by atoms with Gasteiger partial charge in [0.15, 0.2) is 0 Å². The number of hydrogen-bond donors (Lipinski definition) is 0. The quantitative estimate of drug-likeness (QED) is 0.679. The molecule has 0 unspecified atom stereocenters. The highest BCUT2D eigenvalue weighted by molar-refractivity contribution is 6.44. The first kappa shape index (κ1) is 11.6. The van der Waals surface area contributed by atoms with E-state index in [1.54, 1.807) is 6.07 Å². The molecule has 1 nitrogen and oxygen atoms in total. The second kappa shape index (κ2) is 4.58. The van der Waals surface area contributed by atoms with E-state index < -0.39 is 5.82 Å². The molecular formula is C11H5Cl3FN. The Morgan fingerprint density at radius 1 is 0.938 bits per heavy atom. The molecule has 5 heteroatoms. The van der Waals surface area contributed by atoms with E-state index in [1.807, 2.05) is 0 Å². The Morgan fingerprint density at radius 2 is 1.62 bits per heavy atom. The van der Waals surface area contributed by atoms with Gasteiger partial charge < -0.3 is 0 Å². The molecule has 0 aliphatic heterocycles. The fourth-order valence-electron chi connectivity index (χ4n) is 1.25. The number of halogens is 4. The lowest BCUT2D eigenvalue weighted by Crippen LogP contribution is -1.86. The number of benzene rings is 1. The second-order valence-corrected chi connectivity index (χ2v) is 4.33. The smallest absolute Gasteiger partial charge is 0.141 e. The van der Waals surface area contributed by atoms with Gasteiger partial charge in [-0.1, -0.05) is 34.8 Å². The zero-order valence-electron chi connectivity index (χ0n) is 7.85. The molecule has 1 aromatic heterocycles. The van der Waals surface area contributed by atoms with Crippen LogP contribution in [0.25, 0.3) is 11.3 Å². The van der Waals surface area contributed by atoms with Crippen molar-refractivity contribution in [2.75, 3.05) is 0 Å². The van der Waals surface area contributed by atoms with Crippen molar-refractivity contribution in [3.63, 3.8) is 0 Å². The summed E-state index contributed by atoms with van der Waals surface area (Å²) in [7, 11) is 0. The Bertz CT molecular complexity index is 525. The Kier molecular flexibility index (Phi) is 3.33. The molecule has 0 bridgehead atoms. The van der Waals surface area contributed by atoms with Crippen LogP contribution in [0, 0.1) is 5.82 Å². The minimum Gasteiger partial charge on any atom is -0.253 e. The van der Waals surface area contributed by atoms with Gasteiger partial charge in [0.25, 0.3) is 0 Å². The number of aromatic nitrogens is 1. The van der Waals surface area contributed by atoms with E-state index in [0.717, 1.165) is 6.20 Å². The molecule has 2 rings (SSSR count). The Labute approximate surface area is 107 Å². The standard InChI is InChI=1S/C11H5Cl3FN/c12-8-4-10(14)9(13)3-7(8)11-2-1-6(15)5-16-11/h1-5H. The van der Waals surface area contributed by atoms with E-state index >= 15 is 0 Å². The predicted molar refractivity (Wildman–Crippen MR) is 64.7 cm³/mol. The molecule has 0 N–H and O–H groups in total. The molecule has 16 heavy (non-hydrogen) atoms. The summed E-state index contributed by atoms with van der Waals surface area (Å²) in [6.07, 6.45) is 1.12. The minimum absolute atomic E-state index is 0.373. The SMILES string of the molecule is Fc1ccc(-c2cc(Cl)c(Cl)cc2Cl)nc1. The molecule has 0 saturated carbocycles. The average molecular weight is 277 g/mol. The zero-order valence-corrected chi connectivity index (χ0v) is 10.1. The van der Waals surface area contributed by atoms with E-state index in [9.17, 15) is 4.39 Å². The fourth-order valence-corrected chi connectivity index (χ4v) is 1.90. The molecule has 0 aliphatic rings. The fraction of sp³-hybridized carbons (Fsp3) is 0. The van der Waals surface area contributed by atoms with Gasteiger partial charge in [-0.25, -0.2) is 4.39 Å². The first-order valence-electron chi connectivity index (χ1n) is 4.34. The van der Waals surface area contributed by atoms with Crippen molar-refractivity contribution in [2.24, 2.45) is 0 Å². The molecule has 82 valence electrons. The largest absolute Gasteiger partial charge is 0.253 e. The average Bonchev–Trinajstić information content (AvgIpc) is 2.25. The Balaban J connectivity index is 2.56. The molecule has 0 spiro atoms. The maximum Gasteiger partial charge on any atom is 0.141 e. The van der Waals surface area contributed by atoms with Crippen LogP contribution >= 0.6 is 34.8 Å². The van der Waals surface area contributed by atoms with Crippen molar-refractivity contribution in [1.29, 1.82) is 0 Å². The van der Waals surface area contributed by atoms with Gasteiger partial charge in [-0.15, -0.1) is 0 Å². The van der Waals surface area contributed by atoms with Crippen molar-refractivity contribution in [3.8, 4) is 11.3 Å². The third-order valence-corrected chi connectivity index (χ3v) is 3.05. The summed E-state index contributed by atoms with van der Waals surface area (Å²) < 4.78 is 12.7. The molecule has 0 aliphatic carbocycles. The molecule has 0 radical (unpaired) electrons. The Hall–Kier alpha value is -0.830. The predicted octanol–water partition coefficient (Wildman–Crippen LogP) is 4.85. The van der Waals surface area contributed by atoms with Crippen LogP contribution in [0.2, 0.25) is 15.1 Å². The van der Waals surface area contributed by atoms with Gasteiger partial charge in [0.05, 0.1) is 27.0 Å². The van der Waals surface area contributed by atoms with E-state index in [2.05, 4.69) is 4.98 Å². The van der Waals surface area contributed by atoms with Crippen LogP contribution in [0.15, 0.2) is 30.5 Å². The third-order valence-electron chi connectivity index (χ3n) is 2.01. The lowest BCUT2D eigenvalue weighted by Gasteiger charge is -2.05. The first-order chi connectivity index (χ1) is 7.58. The van der Waals surface area contributed by atoms with Crippen LogP contribution in [-0.4, -0.2) is 4.98 Å². The normalized spacial score (nSPS) is 10.5. The highest BCUT2D eigenvalue weighted by Crippen LogP contribution is 2.34. The Morgan fingerprint density at radius 3 is 2.25 bits per heavy atom. The van der Waals surface area contributed by atoms with Crippen LogP contribution in [-0.2, 0) is 0 Å². The lowest BCUT2D eigenvalue weighted by molar-refractivity contribution is 0.622. The molecule has 0 fully saturated rings. The first-order valence-corrected chi connectivity index (χ1v) is 5.48. The van der Waals surface area contributed by atoms with Gasteiger partial charge >= 0.3 is 0 Å². The molecule has 1 aromatic carbocycles. The molecule has 0 amide bonds. The topological polar surface area (TPSA) is 12.9 Å². The summed E-state index contributed by atoms with van der Waals surface area (Å²) >= 11 is 17.7. The van der Waals surface area contributed by atoms with Gasteiger partial charge in [0.2, 0.25) is 0 Å². The highest BCUT2D eigenvalue weighted by atomic mass is 35.5. The lowest BCUT2D eigenvalue weighted by atomic mass is 10.1. The van der Waals surface area contributed by atoms with Crippen molar-refractivity contribution < 1.29 is 4.39 Å². The van der Waals surface area contributed by atoms with Crippen molar-refractivity contribution >= 4 is 34.8 Å². The third kappa shape index (κ3) is 2.29. The number of nitrogens with zero attached hydrogens (tertiary/aromatic N) is 1. The maximum absolute atomic E-state index is 12.7. The van der Waals surface area contributed by atoms with Crippen molar-refractivity contribution in [2.45, 2.75) is 0 Å². The van der Waals surface area contributed by atoms with Crippen LogP contribution in [0.5, 0.6) is 0 Å². The van der Waals surface area contributed by atoms with Gasteiger partial charge in [-0.3, -0.25) is 4.98 Å². The molecule has 2 aromatic rings. The monoisotopic (exact) mass is 275 g/mol. The second-order valence-electron chi connectivity index (χ2n) is 3.11. The van der Waals surface area contributed by atoms with Gasteiger partial charge in [-0.05, 0) is 24.3 Å². The van der Waals surface area contributed by atoms with Gasteiger partial charge in [0.1, 0.15) is 5.82 Å². The van der Waals surface area contributed by atoms with E-state index in [0.29, 0.717) is 26.3 Å². The van der Waals surface area contributed by atoms with Crippen molar-refractivity contribution in [3.05, 3.63) is 51.3 Å². The zero-order chi connectivity index (χ0) is 11.7. The van der Waals surface area contributed by atoms with Crippen LogP contribution < -0.4 is 0 Å². The molecule has 0 atom stereocenters. The summed E-state index contributed by atoms with van der Waals surface area (Å²) in [5.74, 6) is -0.403. The maximum atomic E-state index is 12.7. The molecule has 0 saturated heterocycles. The van der Waals surface area contributed by atoms with Crippen LogP contribution in [0.4, 0.5) is 4.39 Å². The summed E-state index contributed by atoms with van der Waals surface area (Å²) in [4.78, 5) is 3.92. The van der Waals surface area contributed by atoms with E-state index in [1.165, 1.54) is 18.2 Å². The minimum atomic E-state index is -0.403. The summed E-state index contributed by atoms with van der Waals surface area (Å²) in [5, 5.41) is 1.18. The summed E-state index contributed by atoms with van der Waals surface area (Å²) in [6.45, 7) is 0. The van der Waals surface area contributed by atoms with Gasteiger partial charge in [-0.2, -0.15) is 0 Å². The van der Waals surface area contributed by atoms with E-state index in [-0.39, 0.29) is 0 Å². The number of pyridine rings is 1. The highest BCUT2D eigenvalue weighted by Gasteiger charge is 2.09.